The largest absolute Gasteiger partial charge is 0.497 e. The van der Waals surface area contributed by atoms with Crippen LogP contribution in [-0.2, 0) is 6.42 Å². The Kier molecular flexibility index (Phi) is 4.73. The van der Waals surface area contributed by atoms with Crippen LogP contribution in [0.2, 0.25) is 0 Å². The minimum atomic E-state index is 0.389. The standard InChI is InChI=1S/C14H18N2OS/c1-15-13(14-9-16-10-18-14)8-5-11-3-6-12(17-2)7-4-11/h3-4,6-7,9-10,13,15H,5,8H2,1-2H3. The maximum Gasteiger partial charge on any atom is 0.118 e. The topological polar surface area (TPSA) is 34.1 Å². The molecule has 0 aliphatic heterocycles. The number of rotatable bonds is 6. The van der Waals surface area contributed by atoms with Gasteiger partial charge in [-0.2, -0.15) is 0 Å². The molecule has 0 spiro atoms. The van der Waals surface area contributed by atoms with Crippen LogP contribution >= 0.6 is 11.3 Å². The molecule has 96 valence electrons. The lowest BCUT2D eigenvalue weighted by molar-refractivity contribution is 0.414. The van der Waals surface area contributed by atoms with E-state index in [0.717, 1.165) is 18.6 Å². The van der Waals surface area contributed by atoms with E-state index in [9.17, 15) is 0 Å². The quantitative estimate of drug-likeness (QED) is 0.869. The number of ether oxygens (including phenoxy) is 1. The third-order valence-corrected chi connectivity index (χ3v) is 3.91. The van der Waals surface area contributed by atoms with E-state index in [1.54, 1.807) is 18.4 Å². The summed E-state index contributed by atoms with van der Waals surface area (Å²) in [5.74, 6) is 0.909. The molecule has 3 nitrogen and oxygen atoms in total. The second-order valence-corrected chi connectivity index (χ2v) is 5.05. The molecule has 0 saturated carbocycles. The van der Waals surface area contributed by atoms with Gasteiger partial charge in [-0.25, -0.2) is 0 Å². The molecule has 2 rings (SSSR count). The molecule has 4 heteroatoms. The van der Waals surface area contributed by atoms with Gasteiger partial charge in [-0.05, 0) is 37.6 Å². The first-order chi connectivity index (χ1) is 8.83. The fourth-order valence-corrected chi connectivity index (χ4v) is 2.69. The lowest BCUT2D eigenvalue weighted by Crippen LogP contribution is -2.15. The monoisotopic (exact) mass is 262 g/mol. The summed E-state index contributed by atoms with van der Waals surface area (Å²) in [4.78, 5) is 5.43. The molecular weight excluding hydrogens is 244 g/mol. The Balaban J connectivity index is 1.93. The minimum Gasteiger partial charge on any atom is -0.497 e. The van der Waals surface area contributed by atoms with Crippen LogP contribution in [0.1, 0.15) is 22.9 Å². The SMILES string of the molecule is CNC(CCc1ccc(OC)cc1)c1cncs1. The van der Waals surface area contributed by atoms with Crippen LogP contribution in [0.4, 0.5) is 0 Å². The first-order valence-corrected chi connectivity index (χ1v) is 6.90. The lowest BCUT2D eigenvalue weighted by atomic mass is 10.0. The maximum absolute atomic E-state index is 5.16. The van der Waals surface area contributed by atoms with Gasteiger partial charge in [0.2, 0.25) is 0 Å². The van der Waals surface area contributed by atoms with E-state index in [1.807, 2.05) is 30.9 Å². The molecule has 0 bridgehead atoms. The number of nitrogens with one attached hydrogen (secondary N) is 1. The van der Waals surface area contributed by atoms with Crippen molar-refractivity contribution in [1.82, 2.24) is 10.3 Å². The molecule has 1 aromatic carbocycles. The average molecular weight is 262 g/mol. The normalized spacial score (nSPS) is 12.3. The Morgan fingerprint density at radius 3 is 2.67 bits per heavy atom. The van der Waals surface area contributed by atoms with Crippen LogP contribution in [0, 0.1) is 0 Å². The molecule has 0 fully saturated rings. The maximum atomic E-state index is 5.16. The fraction of sp³-hybridized carbons (Fsp3) is 0.357. The number of hydrogen-bond acceptors (Lipinski definition) is 4. The van der Waals surface area contributed by atoms with Gasteiger partial charge in [-0.15, -0.1) is 11.3 Å². The van der Waals surface area contributed by atoms with Gasteiger partial charge in [0, 0.05) is 17.1 Å². The van der Waals surface area contributed by atoms with Crippen LogP contribution in [0.3, 0.4) is 0 Å². The van der Waals surface area contributed by atoms with Crippen LogP contribution in [0.5, 0.6) is 5.75 Å². The third kappa shape index (κ3) is 3.31. The summed E-state index contributed by atoms with van der Waals surface area (Å²) in [5, 5.41) is 3.34. The Labute approximate surface area is 112 Å². The lowest BCUT2D eigenvalue weighted by Gasteiger charge is -2.13. The van der Waals surface area contributed by atoms with Crippen molar-refractivity contribution in [2.75, 3.05) is 14.2 Å². The van der Waals surface area contributed by atoms with Crippen molar-refractivity contribution in [3.63, 3.8) is 0 Å². The number of methoxy groups -OCH3 is 1. The van der Waals surface area contributed by atoms with E-state index in [4.69, 9.17) is 4.74 Å². The summed E-state index contributed by atoms with van der Waals surface area (Å²) >= 11 is 1.70. The van der Waals surface area contributed by atoms with Gasteiger partial charge in [-0.3, -0.25) is 4.98 Å². The van der Waals surface area contributed by atoms with Crippen molar-refractivity contribution >= 4 is 11.3 Å². The highest BCUT2D eigenvalue weighted by molar-refractivity contribution is 7.09. The van der Waals surface area contributed by atoms with Crippen LogP contribution < -0.4 is 10.1 Å². The number of nitrogens with zero attached hydrogens (tertiary/aromatic N) is 1. The molecule has 1 aromatic heterocycles. The molecule has 1 unspecified atom stereocenters. The molecule has 0 saturated heterocycles. The summed E-state index contributed by atoms with van der Waals surface area (Å²) < 4.78 is 5.16. The van der Waals surface area contributed by atoms with Crippen LogP contribution in [0.15, 0.2) is 36.0 Å². The zero-order valence-corrected chi connectivity index (χ0v) is 11.5. The summed E-state index contributed by atoms with van der Waals surface area (Å²) in [6.45, 7) is 0. The Hall–Kier alpha value is -1.39. The molecule has 1 N–H and O–H groups in total. The first kappa shape index (κ1) is 13.1. The summed E-state index contributed by atoms with van der Waals surface area (Å²) in [6.07, 6.45) is 4.07. The van der Waals surface area contributed by atoms with E-state index in [2.05, 4.69) is 22.4 Å². The Morgan fingerprint density at radius 1 is 1.33 bits per heavy atom. The van der Waals surface area contributed by atoms with E-state index in [0.29, 0.717) is 6.04 Å². The zero-order chi connectivity index (χ0) is 12.8. The van der Waals surface area contributed by atoms with Gasteiger partial charge in [0.25, 0.3) is 0 Å². The molecule has 0 amide bonds. The number of aryl methyl sites for hydroxylation is 1. The van der Waals surface area contributed by atoms with Gasteiger partial charge < -0.3 is 10.1 Å². The molecule has 0 radical (unpaired) electrons. The van der Waals surface area contributed by atoms with E-state index in [1.165, 1.54) is 10.4 Å². The highest BCUT2D eigenvalue weighted by atomic mass is 32.1. The first-order valence-electron chi connectivity index (χ1n) is 6.02. The van der Waals surface area contributed by atoms with E-state index in [-0.39, 0.29) is 0 Å². The zero-order valence-electron chi connectivity index (χ0n) is 10.7. The van der Waals surface area contributed by atoms with E-state index >= 15 is 0 Å². The average Bonchev–Trinajstić information content (AvgIpc) is 2.94. The van der Waals surface area contributed by atoms with E-state index < -0.39 is 0 Å². The van der Waals surface area contributed by atoms with Crippen molar-refractivity contribution in [3.8, 4) is 5.75 Å². The highest BCUT2D eigenvalue weighted by Crippen LogP contribution is 2.22. The Bertz CT molecular complexity index is 453. The van der Waals surface area contributed by atoms with Crippen LogP contribution in [-0.4, -0.2) is 19.1 Å². The molecule has 2 aromatic rings. The summed E-state index contributed by atoms with van der Waals surface area (Å²) in [6, 6.07) is 8.66. The number of aromatic nitrogens is 1. The van der Waals surface area contributed by atoms with Crippen molar-refractivity contribution < 1.29 is 4.74 Å². The Morgan fingerprint density at radius 2 is 2.11 bits per heavy atom. The molecule has 1 atom stereocenters. The molecule has 0 aliphatic carbocycles. The third-order valence-electron chi connectivity index (χ3n) is 3.02. The van der Waals surface area contributed by atoms with Crippen molar-refractivity contribution in [3.05, 3.63) is 46.4 Å². The van der Waals surface area contributed by atoms with Gasteiger partial charge in [-0.1, -0.05) is 12.1 Å². The summed E-state index contributed by atoms with van der Waals surface area (Å²) in [7, 11) is 3.69. The fourth-order valence-electron chi connectivity index (χ4n) is 1.93. The van der Waals surface area contributed by atoms with Gasteiger partial charge in [0.15, 0.2) is 0 Å². The van der Waals surface area contributed by atoms with Gasteiger partial charge in [0.05, 0.1) is 12.6 Å². The molecular formula is C14H18N2OS. The van der Waals surface area contributed by atoms with Crippen molar-refractivity contribution in [2.45, 2.75) is 18.9 Å². The van der Waals surface area contributed by atoms with Gasteiger partial charge in [0.1, 0.15) is 5.75 Å². The number of thiazole rings is 1. The molecule has 1 heterocycles. The predicted molar refractivity (Wildman–Crippen MR) is 75.2 cm³/mol. The number of benzene rings is 1. The minimum absolute atomic E-state index is 0.389. The predicted octanol–water partition coefficient (Wildman–Crippen LogP) is 3.05. The van der Waals surface area contributed by atoms with Crippen molar-refractivity contribution in [1.29, 1.82) is 0 Å². The second kappa shape index (κ2) is 6.52. The summed E-state index contributed by atoms with van der Waals surface area (Å²) in [5.41, 5.74) is 3.22. The molecule has 18 heavy (non-hydrogen) atoms. The van der Waals surface area contributed by atoms with Crippen LogP contribution in [0.25, 0.3) is 0 Å². The molecule has 0 aliphatic rings. The highest BCUT2D eigenvalue weighted by Gasteiger charge is 2.10. The number of hydrogen-bond donors (Lipinski definition) is 1. The second-order valence-electron chi connectivity index (χ2n) is 4.13. The van der Waals surface area contributed by atoms with Crippen molar-refractivity contribution in [2.24, 2.45) is 0 Å². The smallest absolute Gasteiger partial charge is 0.118 e. The van der Waals surface area contributed by atoms with Gasteiger partial charge >= 0.3 is 0 Å².